The summed E-state index contributed by atoms with van der Waals surface area (Å²) in [5.41, 5.74) is -0.137. The van der Waals surface area contributed by atoms with Crippen molar-refractivity contribution in [1.29, 1.82) is 0 Å². The van der Waals surface area contributed by atoms with E-state index in [1.54, 1.807) is 19.0 Å². The second kappa shape index (κ2) is 7.33. The summed E-state index contributed by atoms with van der Waals surface area (Å²) in [6.07, 6.45) is -3.88. The van der Waals surface area contributed by atoms with Gasteiger partial charge in [0.1, 0.15) is 0 Å². The number of hydrogen-bond donors (Lipinski definition) is 0. The van der Waals surface area contributed by atoms with Crippen molar-refractivity contribution < 1.29 is 26.4 Å². The predicted octanol–water partition coefficient (Wildman–Crippen LogP) is 1.78. The van der Waals surface area contributed by atoms with Crippen LogP contribution in [0.1, 0.15) is 17.5 Å². The Kier molecular flexibility index (Phi) is 5.78. The third-order valence-corrected chi connectivity index (χ3v) is 6.09. The molecule has 2 rings (SSSR count). The fourth-order valence-electron chi connectivity index (χ4n) is 2.75. The number of rotatable bonds is 5. The molecule has 0 aromatic heterocycles. The lowest BCUT2D eigenvalue weighted by atomic mass is 10.1. The molecular weight excluding hydrogens is 357 g/mol. The summed E-state index contributed by atoms with van der Waals surface area (Å²) >= 11 is 0. The van der Waals surface area contributed by atoms with E-state index in [4.69, 9.17) is 0 Å². The highest BCUT2D eigenvalue weighted by atomic mass is 32.2. The Morgan fingerprint density at radius 3 is 2.28 bits per heavy atom. The Morgan fingerprint density at radius 1 is 1.20 bits per heavy atom. The zero-order chi connectivity index (χ0) is 18.8. The lowest BCUT2D eigenvalue weighted by Crippen LogP contribution is -2.41. The van der Waals surface area contributed by atoms with Crippen LogP contribution < -0.4 is 0 Å². The summed E-state index contributed by atoms with van der Waals surface area (Å²) in [5, 5.41) is 0. The Morgan fingerprint density at radius 2 is 1.80 bits per heavy atom. The molecule has 1 aliphatic heterocycles. The van der Waals surface area contributed by atoms with E-state index in [0.717, 1.165) is 12.1 Å². The smallest absolute Gasteiger partial charge is 0.340 e. The molecule has 1 aromatic rings. The number of alkyl halides is 3. The van der Waals surface area contributed by atoms with Gasteiger partial charge in [-0.25, -0.2) is 8.42 Å². The van der Waals surface area contributed by atoms with Crippen LogP contribution in [0.2, 0.25) is 0 Å². The molecule has 1 aromatic carbocycles. The molecule has 0 bridgehead atoms. The minimum Gasteiger partial charge on any atom is -0.340 e. The van der Waals surface area contributed by atoms with Gasteiger partial charge in [-0.2, -0.15) is 13.2 Å². The van der Waals surface area contributed by atoms with Crippen molar-refractivity contribution in [3.8, 4) is 0 Å². The van der Waals surface area contributed by atoms with Gasteiger partial charge in [0.25, 0.3) is 0 Å². The quantitative estimate of drug-likeness (QED) is 0.784. The maximum absolute atomic E-state index is 12.5. The first kappa shape index (κ1) is 19.7. The number of halogens is 3. The van der Waals surface area contributed by atoms with Gasteiger partial charge in [0.05, 0.1) is 23.6 Å². The molecule has 1 aliphatic rings. The van der Waals surface area contributed by atoms with Gasteiger partial charge >= 0.3 is 6.18 Å². The zero-order valence-corrected chi connectivity index (χ0v) is 14.9. The van der Waals surface area contributed by atoms with Crippen LogP contribution in [0.3, 0.4) is 0 Å². The Labute approximate surface area is 145 Å². The van der Waals surface area contributed by atoms with E-state index in [1.165, 1.54) is 17.0 Å². The molecule has 25 heavy (non-hydrogen) atoms. The molecule has 1 fully saturated rings. The normalized spacial score (nSPS) is 20.0. The van der Waals surface area contributed by atoms with Gasteiger partial charge in [0.2, 0.25) is 5.91 Å². The van der Waals surface area contributed by atoms with E-state index in [9.17, 15) is 26.4 Å². The molecule has 1 amide bonds. The summed E-state index contributed by atoms with van der Waals surface area (Å²) in [5.74, 6) is -0.0246. The first-order valence-corrected chi connectivity index (χ1v) is 9.61. The SMILES string of the molecule is CN(Cc1ccc(C(F)(F)F)cc1)C(=O)CN(C)C1CCS(=O)(=O)C1. The Balaban J connectivity index is 1.90. The monoisotopic (exact) mass is 378 g/mol. The number of nitrogens with zero attached hydrogens (tertiary/aromatic N) is 2. The second-order valence-electron chi connectivity index (χ2n) is 6.42. The molecule has 140 valence electrons. The molecule has 0 N–H and O–H groups in total. The number of carbonyl (C=O) groups excluding carboxylic acids is 1. The fourth-order valence-corrected chi connectivity index (χ4v) is 4.55. The molecule has 9 heteroatoms. The molecule has 1 atom stereocenters. The van der Waals surface area contributed by atoms with Gasteiger partial charge in [-0.05, 0) is 31.2 Å². The Hall–Kier alpha value is -1.61. The number of benzene rings is 1. The lowest BCUT2D eigenvalue weighted by molar-refractivity contribution is -0.137. The fraction of sp³-hybridized carbons (Fsp3) is 0.562. The first-order chi connectivity index (χ1) is 11.5. The molecule has 5 nitrogen and oxygen atoms in total. The molecule has 1 saturated heterocycles. The van der Waals surface area contributed by atoms with Crippen LogP contribution >= 0.6 is 0 Å². The molecular formula is C16H21F3N2O3S. The number of amides is 1. The van der Waals surface area contributed by atoms with E-state index in [-0.39, 0.29) is 36.5 Å². The van der Waals surface area contributed by atoms with Crippen LogP contribution in [0, 0.1) is 0 Å². The van der Waals surface area contributed by atoms with Crippen molar-refractivity contribution in [3.63, 3.8) is 0 Å². The van der Waals surface area contributed by atoms with E-state index in [2.05, 4.69) is 0 Å². The summed E-state index contributed by atoms with van der Waals surface area (Å²) < 4.78 is 60.6. The third-order valence-electron chi connectivity index (χ3n) is 4.34. The summed E-state index contributed by atoms with van der Waals surface area (Å²) in [4.78, 5) is 15.4. The zero-order valence-electron chi connectivity index (χ0n) is 14.1. The van der Waals surface area contributed by atoms with Crippen LogP contribution in [0.15, 0.2) is 24.3 Å². The van der Waals surface area contributed by atoms with Crippen molar-refractivity contribution in [2.24, 2.45) is 0 Å². The highest BCUT2D eigenvalue weighted by molar-refractivity contribution is 7.91. The standard InChI is InChI=1S/C16H21F3N2O3S/c1-20(14-7-8-25(23,24)11-14)10-15(22)21(2)9-12-3-5-13(6-4-12)16(17,18)19/h3-6,14H,7-11H2,1-2H3. The van der Waals surface area contributed by atoms with Crippen LogP contribution in [0.4, 0.5) is 13.2 Å². The van der Waals surface area contributed by atoms with Gasteiger partial charge in [0, 0.05) is 19.6 Å². The number of sulfone groups is 1. The summed E-state index contributed by atoms with van der Waals surface area (Å²) in [6, 6.07) is 4.50. The van der Waals surface area contributed by atoms with Crippen molar-refractivity contribution in [2.45, 2.75) is 25.2 Å². The molecule has 1 unspecified atom stereocenters. The minimum absolute atomic E-state index is 0.0550. The van der Waals surface area contributed by atoms with Gasteiger partial charge in [0.15, 0.2) is 9.84 Å². The van der Waals surface area contributed by atoms with Gasteiger partial charge in [-0.3, -0.25) is 9.69 Å². The minimum atomic E-state index is -4.38. The number of hydrogen-bond acceptors (Lipinski definition) is 4. The molecule has 0 saturated carbocycles. The van der Waals surface area contributed by atoms with Crippen molar-refractivity contribution in [2.75, 3.05) is 32.1 Å². The van der Waals surface area contributed by atoms with Crippen LogP contribution in [-0.4, -0.2) is 62.3 Å². The van der Waals surface area contributed by atoms with E-state index in [1.807, 2.05) is 0 Å². The second-order valence-corrected chi connectivity index (χ2v) is 8.65. The van der Waals surface area contributed by atoms with E-state index < -0.39 is 21.6 Å². The number of carbonyl (C=O) groups is 1. The van der Waals surface area contributed by atoms with E-state index >= 15 is 0 Å². The molecule has 1 heterocycles. The topological polar surface area (TPSA) is 57.7 Å². The van der Waals surface area contributed by atoms with Gasteiger partial charge in [-0.15, -0.1) is 0 Å². The molecule has 0 aliphatic carbocycles. The van der Waals surface area contributed by atoms with Crippen molar-refractivity contribution in [1.82, 2.24) is 9.80 Å². The van der Waals surface area contributed by atoms with Crippen molar-refractivity contribution in [3.05, 3.63) is 35.4 Å². The lowest BCUT2D eigenvalue weighted by Gasteiger charge is -2.25. The van der Waals surface area contributed by atoms with Crippen LogP contribution in [0.5, 0.6) is 0 Å². The third kappa shape index (κ3) is 5.43. The number of likely N-dealkylation sites (N-methyl/N-ethyl adjacent to an activating group) is 2. The summed E-state index contributed by atoms with van der Waals surface area (Å²) in [6.45, 7) is 0.255. The maximum Gasteiger partial charge on any atom is 0.416 e. The van der Waals surface area contributed by atoms with Crippen molar-refractivity contribution >= 4 is 15.7 Å². The maximum atomic E-state index is 12.5. The average Bonchev–Trinajstić information content (AvgIpc) is 2.87. The summed E-state index contributed by atoms with van der Waals surface area (Å²) in [7, 11) is 0.253. The Bertz CT molecular complexity index is 717. The highest BCUT2D eigenvalue weighted by Gasteiger charge is 2.32. The average molecular weight is 378 g/mol. The van der Waals surface area contributed by atoms with Gasteiger partial charge in [-0.1, -0.05) is 12.1 Å². The molecule has 0 radical (unpaired) electrons. The highest BCUT2D eigenvalue weighted by Crippen LogP contribution is 2.29. The first-order valence-electron chi connectivity index (χ1n) is 7.79. The van der Waals surface area contributed by atoms with Crippen LogP contribution in [-0.2, 0) is 27.4 Å². The van der Waals surface area contributed by atoms with E-state index in [0.29, 0.717) is 12.0 Å². The van der Waals surface area contributed by atoms with Gasteiger partial charge < -0.3 is 4.90 Å². The van der Waals surface area contributed by atoms with Crippen LogP contribution in [0.25, 0.3) is 0 Å². The molecule has 0 spiro atoms. The predicted molar refractivity (Wildman–Crippen MR) is 87.6 cm³/mol. The largest absolute Gasteiger partial charge is 0.416 e.